The van der Waals surface area contributed by atoms with Crippen molar-refractivity contribution in [2.24, 2.45) is 5.10 Å². The molecule has 0 aliphatic heterocycles. The highest BCUT2D eigenvalue weighted by Gasteiger charge is 2.20. The molecule has 0 saturated heterocycles. The van der Waals surface area contributed by atoms with Crippen molar-refractivity contribution in [2.45, 2.75) is 26.2 Å². The molecule has 0 aliphatic carbocycles. The number of hydrogen-bond donors (Lipinski definition) is 1. The van der Waals surface area contributed by atoms with Gasteiger partial charge in [0.2, 0.25) is 0 Å². The normalized spacial score (nSPS) is 11.4. The molecule has 1 amide bonds. The number of nitrogens with zero attached hydrogens (tertiary/aromatic N) is 1. The fourth-order valence-corrected chi connectivity index (χ4v) is 2.86. The Hall–Kier alpha value is -2.54. The van der Waals surface area contributed by atoms with E-state index in [0.717, 1.165) is 10.0 Å². The second-order valence-electron chi connectivity index (χ2n) is 7.08. The van der Waals surface area contributed by atoms with E-state index in [1.165, 1.54) is 6.21 Å². The zero-order valence-corrected chi connectivity index (χ0v) is 18.3. The summed E-state index contributed by atoms with van der Waals surface area (Å²) in [6, 6.07) is 11.1. The number of amides is 1. The number of carbonyl (C=O) groups is 1. The first-order chi connectivity index (χ1) is 13.2. The molecule has 0 atom stereocenters. The van der Waals surface area contributed by atoms with E-state index < -0.39 is 0 Å². The lowest BCUT2D eigenvalue weighted by Gasteiger charge is -2.23. The van der Waals surface area contributed by atoms with Gasteiger partial charge >= 0.3 is 0 Å². The summed E-state index contributed by atoms with van der Waals surface area (Å²) in [6.07, 6.45) is 1.50. The summed E-state index contributed by atoms with van der Waals surface area (Å²) in [5.41, 5.74) is 4.04. The first kappa shape index (κ1) is 21.8. The third-order valence-corrected chi connectivity index (χ3v) is 4.43. The topological polar surface area (TPSA) is 69.2 Å². The molecule has 0 spiro atoms. The second kappa shape index (κ2) is 9.59. The Bertz CT molecular complexity index is 860. The molecular formula is C21H25BrN2O4. The molecule has 7 heteroatoms. The second-order valence-corrected chi connectivity index (χ2v) is 8.00. The molecule has 0 aliphatic rings. The molecule has 0 bridgehead atoms. The van der Waals surface area contributed by atoms with E-state index in [2.05, 4.69) is 47.2 Å². The summed E-state index contributed by atoms with van der Waals surface area (Å²) in [6.45, 7) is 6.13. The highest BCUT2D eigenvalue weighted by Crippen LogP contribution is 2.33. The Morgan fingerprint density at radius 1 is 1.11 bits per heavy atom. The van der Waals surface area contributed by atoms with E-state index >= 15 is 0 Å². The van der Waals surface area contributed by atoms with Crippen molar-refractivity contribution in [1.82, 2.24) is 5.43 Å². The quantitative estimate of drug-likeness (QED) is 0.506. The summed E-state index contributed by atoms with van der Waals surface area (Å²) in [5.74, 6) is 1.60. The fraction of sp³-hybridized carbons (Fsp3) is 0.333. The van der Waals surface area contributed by atoms with Gasteiger partial charge in [-0.1, -0.05) is 36.7 Å². The van der Waals surface area contributed by atoms with Crippen molar-refractivity contribution in [3.63, 3.8) is 0 Å². The van der Waals surface area contributed by atoms with E-state index in [0.29, 0.717) is 22.8 Å². The van der Waals surface area contributed by atoms with Gasteiger partial charge in [-0.2, -0.15) is 5.10 Å². The molecule has 2 aromatic carbocycles. The largest absolute Gasteiger partial charge is 0.497 e. The van der Waals surface area contributed by atoms with Crippen LogP contribution in [0.3, 0.4) is 0 Å². The molecule has 0 aromatic heterocycles. The number of benzene rings is 2. The minimum absolute atomic E-state index is 0.114. The van der Waals surface area contributed by atoms with E-state index in [9.17, 15) is 4.79 Å². The SMILES string of the molecule is COc1ccc(OC)c(/C=N/NC(=O)COc2ccc(Br)cc2C(C)(C)C)c1. The number of halogens is 1. The molecule has 6 nitrogen and oxygen atoms in total. The van der Waals surface area contributed by atoms with Crippen molar-refractivity contribution in [3.05, 3.63) is 52.0 Å². The lowest BCUT2D eigenvalue weighted by Crippen LogP contribution is -2.25. The minimum Gasteiger partial charge on any atom is -0.497 e. The average molecular weight is 449 g/mol. The van der Waals surface area contributed by atoms with Crippen LogP contribution in [-0.4, -0.2) is 32.9 Å². The number of hydrazone groups is 1. The van der Waals surface area contributed by atoms with Gasteiger partial charge in [-0.25, -0.2) is 5.43 Å². The number of ether oxygens (including phenoxy) is 3. The first-order valence-corrected chi connectivity index (χ1v) is 9.50. The summed E-state index contributed by atoms with van der Waals surface area (Å²) in [4.78, 5) is 12.1. The monoisotopic (exact) mass is 448 g/mol. The molecule has 0 fully saturated rings. The van der Waals surface area contributed by atoms with Gasteiger partial charge in [0.25, 0.3) is 5.91 Å². The lowest BCUT2D eigenvalue weighted by molar-refractivity contribution is -0.123. The van der Waals surface area contributed by atoms with Crippen molar-refractivity contribution >= 4 is 28.1 Å². The van der Waals surface area contributed by atoms with Gasteiger partial charge in [0, 0.05) is 15.6 Å². The molecule has 2 aromatic rings. The van der Waals surface area contributed by atoms with Crippen LogP contribution in [0.5, 0.6) is 17.2 Å². The van der Waals surface area contributed by atoms with Crippen LogP contribution < -0.4 is 19.6 Å². The number of rotatable bonds is 7. The van der Waals surface area contributed by atoms with Crippen molar-refractivity contribution in [2.75, 3.05) is 20.8 Å². The average Bonchev–Trinajstić information content (AvgIpc) is 2.66. The summed E-state index contributed by atoms with van der Waals surface area (Å²) < 4.78 is 17.1. The van der Waals surface area contributed by atoms with Crippen LogP contribution in [0.2, 0.25) is 0 Å². The lowest BCUT2D eigenvalue weighted by atomic mass is 9.86. The zero-order chi connectivity index (χ0) is 20.7. The van der Waals surface area contributed by atoms with E-state index in [-0.39, 0.29) is 17.9 Å². The number of nitrogens with one attached hydrogen (secondary N) is 1. The van der Waals surface area contributed by atoms with Crippen molar-refractivity contribution in [3.8, 4) is 17.2 Å². The Morgan fingerprint density at radius 2 is 1.82 bits per heavy atom. The number of methoxy groups -OCH3 is 2. The number of hydrogen-bond acceptors (Lipinski definition) is 5. The van der Waals surface area contributed by atoms with Crippen molar-refractivity contribution < 1.29 is 19.0 Å². The maximum atomic E-state index is 12.1. The Kier molecular flexibility index (Phi) is 7.45. The summed E-state index contributed by atoms with van der Waals surface area (Å²) in [5, 5.41) is 3.98. The Balaban J connectivity index is 2.00. The highest BCUT2D eigenvalue weighted by molar-refractivity contribution is 9.10. The summed E-state index contributed by atoms with van der Waals surface area (Å²) >= 11 is 3.47. The predicted molar refractivity (Wildman–Crippen MR) is 114 cm³/mol. The van der Waals surface area contributed by atoms with Gasteiger partial charge in [0.15, 0.2) is 6.61 Å². The van der Waals surface area contributed by atoms with Crippen LogP contribution in [0.1, 0.15) is 31.9 Å². The van der Waals surface area contributed by atoms with Crippen molar-refractivity contribution in [1.29, 1.82) is 0 Å². The standard InChI is InChI=1S/C21H25BrN2O4/c1-21(2,3)17-11-15(22)6-8-19(17)28-13-20(25)24-23-12-14-10-16(26-4)7-9-18(14)27-5/h6-12H,13H2,1-5H3,(H,24,25)/b23-12+. The maximum absolute atomic E-state index is 12.1. The van der Waals surface area contributed by atoms with Crippen LogP contribution in [0.25, 0.3) is 0 Å². The van der Waals surface area contributed by atoms with Gasteiger partial charge < -0.3 is 14.2 Å². The Labute approximate surface area is 174 Å². The highest BCUT2D eigenvalue weighted by atomic mass is 79.9. The maximum Gasteiger partial charge on any atom is 0.277 e. The molecular weight excluding hydrogens is 424 g/mol. The van der Waals surface area contributed by atoms with E-state index in [1.807, 2.05) is 18.2 Å². The molecule has 28 heavy (non-hydrogen) atoms. The van der Waals surface area contributed by atoms with Crippen LogP contribution in [0.4, 0.5) is 0 Å². The molecule has 0 unspecified atom stereocenters. The molecule has 150 valence electrons. The van der Waals surface area contributed by atoms with E-state index in [4.69, 9.17) is 14.2 Å². The minimum atomic E-state index is -0.360. The van der Waals surface area contributed by atoms with Gasteiger partial charge in [0.05, 0.1) is 20.4 Å². The first-order valence-electron chi connectivity index (χ1n) is 8.71. The molecule has 2 rings (SSSR count). The van der Waals surface area contributed by atoms with Gasteiger partial charge in [-0.3, -0.25) is 4.79 Å². The molecule has 0 heterocycles. The smallest absolute Gasteiger partial charge is 0.277 e. The van der Waals surface area contributed by atoms with Crippen LogP contribution in [0, 0.1) is 0 Å². The van der Waals surface area contributed by atoms with Gasteiger partial charge in [-0.15, -0.1) is 0 Å². The van der Waals surface area contributed by atoms with Crippen LogP contribution in [0.15, 0.2) is 46.0 Å². The van der Waals surface area contributed by atoms with Crippen LogP contribution in [-0.2, 0) is 10.2 Å². The molecule has 1 N–H and O–H groups in total. The van der Waals surface area contributed by atoms with Gasteiger partial charge in [0.1, 0.15) is 17.2 Å². The molecule has 0 saturated carbocycles. The van der Waals surface area contributed by atoms with E-state index in [1.54, 1.807) is 32.4 Å². The number of carbonyl (C=O) groups excluding carboxylic acids is 1. The van der Waals surface area contributed by atoms with Crippen LogP contribution >= 0.6 is 15.9 Å². The third-order valence-electron chi connectivity index (χ3n) is 3.94. The summed E-state index contributed by atoms with van der Waals surface area (Å²) in [7, 11) is 3.15. The van der Waals surface area contributed by atoms with Gasteiger partial charge in [-0.05, 0) is 41.8 Å². The third kappa shape index (κ3) is 5.99. The Morgan fingerprint density at radius 3 is 2.46 bits per heavy atom. The zero-order valence-electron chi connectivity index (χ0n) is 16.7. The fourth-order valence-electron chi connectivity index (χ4n) is 2.50. The predicted octanol–water partition coefficient (Wildman–Crippen LogP) is 4.29. The molecule has 0 radical (unpaired) electrons.